The smallest absolute Gasteiger partial charge is 0.232 e. The van der Waals surface area contributed by atoms with Crippen LogP contribution in [-0.4, -0.2) is 51.9 Å². The van der Waals surface area contributed by atoms with Crippen LogP contribution in [0.5, 0.6) is 5.75 Å². The van der Waals surface area contributed by atoms with Gasteiger partial charge in [0, 0.05) is 12.2 Å². The summed E-state index contributed by atoms with van der Waals surface area (Å²) in [4.78, 5) is 2.33. The third-order valence-corrected chi connectivity index (χ3v) is 5.12. The highest BCUT2D eigenvalue weighted by Crippen LogP contribution is 2.36. The predicted molar refractivity (Wildman–Crippen MR) is 83.1 cm³/mol. The summed E-state index contributed by atoms with van der Waals surface area (Å²) in [6.45, 7) is 3.22. The van der Waals surface area contributed by atoms with Crippen molar-refractivity contribution in [3.63, 3.8) is 0 Å². The van der Waals surface area contributed by atoms with E-state index in [1.165, 1.54) is 23.4 Å². The third kappa shape index (κ3) is 3.08. The van der Waals surface area contributed by atoms with Crippen LogP contribution in [0.4, 0.5) is 11.4 Å². The molecule has 21 heavy (non-hydrogen) atoms. The fourth-order valence-electron chi connectivity index (χ4n) is 2.99. The van der Waals surface area contributed by atoms with Gasteiger partial charge >= 0.3 is 0 Å². The second-order valence-electron chi connectivity index (χ2n) is 5.77. The molecule has 2 heterocycles. The van der Waals surface area contributed by atoms with Crippen molar-refractivity contribution >= 4 is 21.4 Å². The molecule has 7 heteroatoms. The lowest BCUT2D eigenvalue weighted by molar-refractivity contribution is 0.146. The molecule has 2 aliphatic heterocycles. The lowest BCUT2D eigenvalue weighted by atomic mass is 10.2. The first-order chi connectivity index (χ1) is 9.93. The Labute approximate surface area is 125 Å². The van der Waals surface area contributed by atoms with Crippen molar-refractivity contribution < 1.29 is 13.2 Å². The molecule has 1 fully saturated rings. The van der Waals surface area contributed by atoms with Crippen LogP contribution in [0, 0.1) is 0 Å². The van der Waals surface area contributed by atoms with E-state index < -0.39 is 10.0 Å². The highest BCUT2D eigenvalue weighted by molar-refractivity contribution is 7.92. The number of hydrogen-bond donors (Lipinski definition) is 1. The first-order valence-corrected chi connectivity index (χ1v) is 9.04. The molecular weight excluding hydrogens is 290 g/mol. The van der Waals surface area contributed by atoms with Gasteiger partial charge in [0.25, 0.3) is 0 Å². The van der Waals surface area contributed by atoms with Crippen LogP contribution in [0.1, 0.15) is 12.8 Å². The van der Waals surface area contributed by atoms with Crippen LogP contribution in [0.15, 0.2) is 18.2 Å². The second kappa shape index (κ2) is 5.38. The number of fused-ring (bicyclic) bond motifs is 1. The highest BCUT2D eigenvalue weighted by atomic mass is 32.2. The molecule has 0 amide bonds. The van der Waals surface area contributed by atoms with Crippen LogP contribution in [0.25, 0.3) is 0 Å². The molecule has 0 aromatic heterocycles. The zero-order valence-corrected chi connectivity index (χ0v) is 13.0. The van der Waals surface area contributed by atoms with Crippen LogP contribution in [0.2, 0.25) is 0 Å². The summed E-state index contributed by atoms with van der Waals surface area (Å²) in [5, 5.41) is 0. The van der Waals surface area contributed by atoms with Crippen molar-refractivity contribution in [2.75, 3.05) is 42.5 Å². The van der Waals surface area contributed by atoms with E-state index in [1.807, 2.05) is 0 Å². The molecule has 1 saturated heterocycles. The number of nitrogens with two attached hydrogens (primary N) is 1. The summed E-state index contributed by atoms with van der Waals surface area (Å²) in [5.74, 6) is 0.588. The molecule has 6 nitrogen and oxygen atoms in total. The molecule has 116 valence electrons. The molecule has 1 unspecified atom stereocenters. The molecule has 1 atom stereocenters. The summed E-state index contributed by atoms with van der Waals surface area (Å²) in [6, 6.07) is 5.14. The molecule has 0 radical (unpaired) electrons. The molecule has 0 aliphatic carbocycles. The molecule has 1 aromatic rings. The first kappa shape index (κ1) is 14.5. The van der Waals surface area contributed by atoms with Crippen LogP contribution in [0.3, 0.4) is 0 Å². The quantitative estimate of drug-likeness (QED) is 0.839. The third-order valence-electron chi connectivity index (χ3n) is 3.98. The van der Waals surface area contributed by atoms with Gasteiger partial charge in [-0.05, 0) is 44.1 Å². The number of nitrogen functional groups attached to an aromatic ring is 1. The molecule has 0 spiro atoms. The molecule has 0 saturated carbocycles. The number of nitrogens with zero attached hydrogens (tertiary/aromatic N) is 2. The number of likely N-dealkylation sites (tertiary alicyclic amines) is 1. The van der Waals surface area contributed by atoms with E-state index in [4.69, 9.17) is 10.5 Å². The van der Waals surface area contributed by atoms with Crippen LogP contribution in [-0.2, 0) is 10.0 Å². The van der Waals surface area contributed by atoms with Crippen molar-refractivity contribution in [1.82, 2.24) is 4.90 Å². The van der Waals surface area contributed by atoms with E-state index in [2.05, 4.69) is 4.90 Å². The Morgan fingerprint density at radius 3 is 2.71 bits per heavy atom. The Balaban J connectivity index is 1.87. The van der Waals surface area contributed by atoms with Gasteiger partial charge in [-0.15, -0.1) is 0 Å². The standard InChI is InChI=1S/C14H21N3O3S/c1-21(18,19)17-10-12(9-16-6-2-3-7-16)20-14-5-4-11(15)8-13(14)17/h4-5,8,12H,2-3,6-7,9-10,15H2,1H3. The lowest BCUT2D eigenvalue weighted by Crippen LogP contribution is -2.47. The van der Waals surface area contributed by atoms with E-state index in [9.17, 15) is 8.42 Å². The summed E-state index contributed by atoms with van der Waals surface area (Å²) in [7, 11) is -3.34. The molecule has 3 rings (SSSR count). The number of ether oxygens (including phenoxy) is 1. The minimum absolute atomic E-state index is 0.144. The molecular formula is C14H21N3O3S. The van der Waals surface area contributed by atoms with Gasteiger partial charge in [0.05, 0.1) is 18.5 Å². The number of sulfonamides is 1. The van der Waals surface area contributed by atoms with Gasteiger partial charge in [-0.1, -0.05) is 0 Å². The van der Waals surface area contributed by atoms with Gasteiger partial charge in [-0.25, -0.2) is 8.42 Å². The average Bonchev–Trinajstić information content (AvgIpc) is 2.90. The zero-order valence-electron chi connectivity index (χ0n) is 12.2. The van der Waals surface area contributed by atoms with Crippen molar-refractivity contribution in [2.24, 2.45) is 0 Å². The highest BCUT2D eigenvalue weighted by Gasteiger charge is 2.32. The molecule has 1 aromatic carbocycles. The maximum atomic E-state index is 12.1. The van der Waals surface area contributed by atoms with E-state index in [1.54, 1.807) is 18.2 Å². The monoisotopic (exact) mass is 311 g/mol. The van der Waals surface area contributed by atoms with Crippen molar-refractivity contribution in [1.29, 1.82) is 0 Å². The van der Waals surface area contributed by atoms with E-state index in [0.717, 1.165) is 19.6 Å². The number of benzene rings is 1. The van der Waals surface area contributed by atoms with Gasteiger partial charge in [-0.3, -0.25) is 9.21 Å². The van der Waals surface area contributed by atoms with E-state index >= 15 is 0 Å². The molecule has 2 N–H and O–H groups in total. The predicted octanol–water partition coefficient (Wildman–Crippen LogP) is 0.892. The van der Waals surface area contributed by atoms with Crippen molar-refractivity contribution in [2.45, 2.75) is 18.9 Å². The summed E-state index contributed by atoms with van der Waals surface area (Å²) in [6.07, 6.45) is 3.48. The Morgan fingerprint density at radius 1 is 1.33 bits per heavy atom. The summed E-state index contributed by atoms with van der Waals surface area (Å²) < 4.78 is 31.5. The first-order valence-electron chi connectivity index (χ1n) is 7.20. The van der Waals surface area contributed by atoms with Gasteiger partial charge in [0.15, 0.2) is 0 Å². The Morgan fingerprint density at radius 2 is 2.05 bits per heavy atom. The molecule has 2 aliphatic rings. The zero-order chi connectivity index (χ0) is 15.0. The fraction of sp³-hybridized carbons (Fsp3) is 0.571. The summed E-state index contributed by atoms with van der Waals surface area (Å²) >= 11 is 0. The Bertz CT molecular complexity index is 626. The number of anilines is 2. The average molecular weight is 311 g/mol. The van der Waals surface area contributed by atoms with Gasteiger partial charge in [0.1, 0.15) is 11.9 Å². The van der Waals surface area contributed by atoms with Crippen LogP contribution < -0.4 is 14.8 Å². The summed E-state index contributed by atoms with van der Waals surface area (Å²) in [5.41, 5.74) is 6.84. The SMILES string of the molecule is CS(=O)(=O)N1CC(CN2CCCC2)Oc2ccc(N)cc21. The Hall–Kier alpha value is -1.47. The minimum atomic E-state index is -3.34. The largest absolute Gasteiger partial charge is 0.485 e. The van der Waals surface area contributed by atoms with E-state index in [-0.39, 0.29) is 6.10 Å². The lowest BCUT2D eigenvalue weighted by Gasteiger charge is -2.36. The number of rotatable bonds is 3. The normalized spacial score (nSPS) is 22.9. The van der Waals surface area contributed by atoms with Gasteiger partial charge < -0.3 is 10.5 Å². The topological polar surface area (TPSA) is 75.9 Å². The van der Waals surface area contributed by atoms with Gasteiger partial charge in [-0.2, -0.15) is 0 Å². The van der Waals surface area contributed by atoms with Crippen molar-refractivity contribution in [3.05, 3.63) is 18.2 Å². The second-order valence-corrected chi connectivity index (χ2v) is 7.68. The maximum absolute atomic E-state index is 12.1. The van der Waals surface area contributed by atoms with Crippen LogP contribution >= 0.6 is 0 Å². The minimum Gasteiger partial charge on any atom is -0.485 e. The number of hydrogen-bond acceptors (Lipinski definition) is 5. The van der Waals surface area contributed by atoms with Gasteiger partial charge in [0.2, 0.25) is 10.0 Å². The van der Waals surface area contributed by atoms with Crippen molar-refractivity contribution in [3.8, 4) is 5.75 Å². The van der Waals surface area contributed by atoms with E-state index in [0.29, 0.717) is 23.7 Å². The fourth-order valence-corrected chi connectivity index (χ4v) is 3.93. The molecule has 0 bridgehead atoms. The Kier molecular flexibility index (Phi) is 3.71. The maximum Gasteiger partial charge on any atom is 0.232 e.